The molecule has 10 heteroatoms. The number of nitrogens with zero attached hydrogens (tertiary/aromatic N) is 1. The molecule has 2 amide bonds. The largest absolute Gasteiger partial charge is 0.479 e. The molecule has 176 valence electrons. The summed E-state index contributed by atoms with van der Waals surface area (Å²) in [6.45, 7) is 3.88. The first kappa shape index (κ1) is 23.2. The summed E-state index contributed by atoms with van der Waals surface area (Å²) in [5, 5.41) is 5.53. The first-order valence-corrected chi connectivity index (χ1v) is 12.2. The number of carbonyl (C=O) groups is 2. The van der Waals surface area contributed by atoms with Gasteiger partial charge in [-0.1, -0.05) is 12.1 Å². The van der Waals surface area contributed by atoms with Crippen LogP contribution in [-0.2, 0) is 26.2 Å². The van der Waals surface area contributed by atoms with Crippen molar-refractivity contribution in [3.8, 4) is 5.75 Å². The second-order valence-corrected chi connectivity index (χ2v) is 10.3. The van der Waals surface area contributed by atoms with Crippen LogP contribution in [0.4, 0.5) is 10.1 Å². The number of halogens is 1. The van der Waals surface area contributed by atoms with Crippen LogP contribution in [0.15, 0.2) is 41.3 Å². The maximum Gasteiger partial charge on any atom is 0.265 e. The fourth-order valence-corrected chi connectivity index (χ4v) is 5.82. The van der Waals surface area contributed by atoms with Crippen molar-refractivity contribution in [1.29, 1.82) is 0 Å². The van der Waals surface area contributed by atoms with Crippen molar-refractivity contribution in [3.05, 3.63) is 53.3 Å². The summed E-state index contributed by atoms with van der Waals surface area (Å²) in [5.41, 5.74) is 1.68. The van der Waals surface area contributed by atoms with Crippen LogP contribution in [-0.4, -0.2) is 43.7 Å². The fourth-order valence-electron chi connectivity index (χ4n) is 4.07. The van der Waals surface area contributed by atoms with Crippen molar-refractivity contribution in [3.63, 3.8) is 0 Å². The third-order valence-electron chi connectivity index (χ3n) is 5.96. The Morgan fingerprint density at radius 3 is 2.73 bits per heavy atom. The number of hydrogen-bond acceptors (Lipinski definition) is 5. The number of aryl methyl sites for hydroxylation is 1. The highest BCUT2D eigenvalue weighted by Gasteiger charge is 2.35. The van der Waals surface area contributed by atoms with Crippen LogP contribution in [0.2, 0.25) is 0 Å². The number of ether oxygens (including phenoxy) is 1. The molecule has 0 radical (unpaired) electrons. The molecule has 0 unspecified atom stereocenters. The Hall–Kier alpha value is -2.98. The van der Waals surface area contributed by atoms with E-state index in [1.165, 1.54) is 22.5 Å². The van der Waals surface area contributed by atoms with Crippen molar-refractivity contribution in [1.82, 2.24) is 9.62 Å². The van der Waals surface area contributed by atoms with Gasteiger partial charge in [-0.25, -0.2) is 12.8 Å². The molecule has 0 saturated carbocycles. The molecule has 2 aromatic carbocycles. The molecule has 2 aliphatic rings. The first-order valence-electron chi connectivity index (χ1n) is 10.8. The van der Waals surface area contributed by atoms with Gasteiger partial charge >= 0.3 is 0 Å². The molecule has 0 spiro atoms. The number of amides is 2. The third kappa shape index (κ3) is 4.86. The van der Waals surface area contributed by atoms with Crippen LogP contribution < -0.4 is 15.4 Å². The molecule has 2 aliphatic heterocycles. The zero-order valence-corrected chi connectivity index (χ0v) is 19.2. The summed E-state index contributed by atoms with van der Waals surface area (Å²) < 4.78 is 46.8. The van der Waals surface area contributed by atoms with Gasteiger partial charge in [0.15, 0.2) is 6.10 Å². The predicted molar refractivity (Wildman–Crippen MR) is 120 cm³/mol. The molecule has 0 bridgehead atoms. The number of carbonyl (C=O) groups excluding carboxylic acids is 2. The summed E-state index contributed by atoms with van der Waals surface area (Å²) in [7, 11) is -3.88. The van der Waals surface area contributed by atoms with Crippen LogP contribution >= 0.6 is 0 Å². The topological polar surface area (TPSA) is 105 Å². The van der Waals surface area contributed by atoms with Gasteiger partial charge in [0.05, 0.1) is 16.5 Å². The molecule has 2 aromatic rings. The summed E-state index contributed by atoms with van der Waals surface area (Å²) in [6, 6.07) is 8.87. The van der Waals surface area contributed by atoms with Gasteiger partial charge in [0.2, 0.25) is 15.9 Å². The molecule has 1 fully saturated rings. The van der Waals surface area contributed by atoms with E-state index < -0.39 is 22.0 Å². The molecule has 0 aromatic heterocycles. The van der Waals surface area contributed by atoms with Gasteiger partial charge in [-0.15, -0.1) is 0 Å². The lowest BCUT2D eigenvalue weighted by Gasteiger charge is -2.32. The van der Waals surface area contributed by atoms with Gasteiger partial charge in [0, 0.05) is 25.7 Å². The van der Waals surface area contributed by atoms with E-state index in [2.05, 4.69) is 10.6 Å². The maximum atomic E-state index is 13.4. The number of nitrogens with one attached hydrogen (secondary N) is 2. The molecule has 1 saturated heterocycles. The normalized spacial score (nSPS) is 21.0. The summed E-state index contributed by atoms with van der Waals surface area (Å²) in [5.74, 6) is -1.05. The van der Waals surface area contributed by atoms with Crippen LogP contribution in [0, 0.1) is 18.7 Å². The van der Waals surface area contributed by atoms with Gasteiger partial charge in [-0.2, -0.15) is 4.31 Å². The van der Waals surface area contributed by atoms with Crippen molar-refractivity contribution in [2.75, 3.05) is 18.4 Å². The number of benzene rings is 2. The Kier molecular flexibility index (Phi) is 6.40. The highest BCUT2D eigenvalue weighted by molar-refractivity contribution is 7.89. The predicted octanol–water partition coefficient (Wildman–Crippen LogP) is 2.57. The molecular weight excluding hydrogens is 449 g/mol. The lowest BCUT2D eigenvalue weighted by molar-refractivity contribution is -0.126. The Balaban J connectivity index is 1.48. The lowest BCUT2D eigenvalue weighted by atomic mass is 9.99. The highest BCUT2D eigenvalue weighted by atomic mass is 32.2. The number of sulfonamides is 1. The number of anilines is 1. The van der Waals surface area contributed by atoms with E-state index in [9.17, 15) is 22.4 Å². The van der Waals surface area contributed by atoms with Crippen molar-refractivity contribution in [2.24, 2.45) is 5.92 Å². The third-order valence-corrected chi connectivity index (χ3v) is 7.97. The molecule has 4 rings (SSSR count). The van der Waals surface area contributed by atoms with Gasteiger partial charge in [-0.05, 0) is 56.0 Å². The van der Waals surface area contributed by atoms with Crippen molar-refractivity contribution in [2.45, 2.75) is 44.2 Å². The van der Waals surface area contributed by atoms with Crippen LogP contribution in [0.25, 0.3) is 0 Å². The molecule has 2 heterocycles. The van der Waals surface area contributed by atoms with Crippen LogP contribution in [0.1, 0.15) is 30.9 Å². The van der Waals surface area contributed by atoms with Gasteiger partial charge in [-0.3, -0.25) is 9.59 Å². The fraction of sp³-hybridized carbons (Fsp3) is 0.391. The number of hydrogen-bond donors (Lipinski definition) is 2. The molecule has 2 atom stereocenters. The maximum absolute atomic E-state index is 13.4. The SMILES string of the molecule is Cc1cc2c(cc1S(=O)(=O)N1CCC[C@H](C(=O)NCc3ccc(F)cc3)C1)O[C@H](C)C(=O)N2. The van der Waals surface area contributed by atoms with Crippen LogP contribution in [0.5, 0.6) is 5.75 Å². The Bertz CT molecular complexity index is 1180. The van der Waals surface area contributed by atoms with E-state index in [0.717, 1.165) is 5.56 Å². The van der Waals surface area contributed by atoms with E-state index in [1.54, 1.807) is 32.0 Å². The number of fused-ring (bicyclic) bond motifs is 1. The second kappa shape index (κ2) is 9.11. The quantitative estimate of drug-likeness (QED) is 0.692. The standard InChI is InChI=1S/C23H26FN3O5S/c1-14-10-19-20(32-15(2)22(28)26-19)11-21(14)33(30,31)27-9-3-4-17(13-27)23(29)25-12-16-5-7-18(24)8-6-16/h5-8,10-11,15,17H,3-4,9,12-13H2,1-2H3,(H,25,29)(H,26,28)/t15-,17+/m1/s1. The molecule has 2 N–H and O–H groups in total. The highest BCUT2D eigenvalue weighted by Crippen LogP contribution is 2.36. The van der Waals surface area contributed by atoms with E-state index in [0.29, 0.717) is 36.4 Å². The second-order valence-electron chi connectivity index (χ2n) is 8.41. The molecule has 8 nitrogen and oxygen atoms in total. The molecular formula is C23H26FN3O5S. The zero-order valence-electron chi connectivity index (χ0n) is 18.4. The minimum atomic E-state index is -3.88. The average Bonchev–Trinajstić information content (AvgIpc) is 2.79. The van der Waals surface area contributed by atoms with Gasteiger partial charge in [0.25, 0.3) is 5.91 Å². The van der Waals surface area contributed by atoms with Crippen molar-refractivity contribution >= 4 is 27.5 Å². The lowest BCUT2D eigenvalue weighted by Crippen LogP contribution is -2.45. The number of rotatable bonds is 5. The van der Waals surface area contributed by atoms with Crippen LogP contribution in [0.3, 0.4) is 0 Å². The average molecular weight is 476 g/mol. The van der Waals surface area contributed by atoms with E-state index >= 15 is 0 Å². The summed E-state index contributed by atoms with van der Waals surface area (Å²) >= 11 is 0. The minimum Gasteiger partial charge on any atom is -0.479 e. The number of piperidine rings is 1. The first-order chi connectivity index (χ1) is 15.6. The van der Waals surface area contributed by atoms with Gasteiger partial charge in [0.1, 0.15) is 11.6 Å². The van der Waals surface area contributed by atoms with E-state index in [4.69, 9.17) is 4.74 Å². The molecule has 33 heavy (non-hydrogen) atoms. The van der Waals surface area contributed by atoms with Crippen molar-refractivity contribution < 1.29 is 27.1 Å². The van der Waals surface area contributed by atoms with E-state index in [1.807, 2.05) is 0 Å². The minimum absolute atomic E-state index is 0.0715. The molecule has 0 aliphatic carbocycles. The Morgan fingerprint density at radius 2 is 2.00 bits per heavy atom. The monoisotopic (exact) mass is 475 g/mol. The Morgan fingerprint density at radius 1 is 1.27 bits per heavy atom. The van der Waals surface area contributed by atoms with Gasteiger partial charge < -0.3 is 15.4 Å². The smallest absolute Gasteiger partial charge is 0.265 e. The zero-order chi connectivity index (χ0) is 23.8. The Labute approximate surface area is 192 Å². The summed E-state index contributed by atoms with van der Waals surface area (Å²) in [6.07, 6.45) is 0.415. The summed E-state index contributed by atoms with van der Waals surface area (Å²) in [4.78, 5) is 24.6. The van der Waals surface area contributed by atoms with E-state index in [-0.39, 0.29) is 35.6 Å².